The van der Waals surface area contributed by atoms with Gasteiger partial charge >= 0.3 is 0 Å². The Morgan fingerprint density at radius 1 is 0.345 bits per heavy atom. The lowest BCUT2D eigenvalue weighted by atomic mass is 9.93. The van der Waals surface area contributed by atoms with Crippen molar-refractivity contribution in [2.24, 2.45) is 0 Å². The van der Waals surface area contributed by atoms with Gasteiger partial charge in [0.15, 0.2) is 0 Å². The zero-order valence-corrected chi connectivity index (χ0v) is 30.7. The summed E-state index contributed by atoms with van der Waals surface area (Å²) in [6.07, 6.45) is 0. The molecule has 2 nitrogen and oxygen atoms in total. The molecule has 0 radical (unpaired) electrons. The Hall–Kier alpha value is -6.94. The molecule has 258 valence electrons. The van der Waals surface area contributed by atoms with E-state index in [9.17, 15) is 0 Å². The van der Waals surface area contributed by atoms with Crippen LogP contribution in [0.5, 0.6) is 0 Å². The number of hydrogen-bond donors (Lipinski definition) is 0. The van der Waals surface area contributed by atoms with Crippen molar-refractivity contribution in [1.82, 2.24) is 4.57 Å². The highest BCUT2D eigenvalue weighted by molar-refractivity contribution is 7.25. The maximum absolute atomic E-state index is 2.44. The van der Waals surface area contributed by atoms with Crippen LogP contribution in [0.3, 0.4) is 0 Å². The topological polar surface area (TPSA) is 8.17 Å². The number of hydrogen-bond acceptors (Lipinski definition) is 2. The molecule has 55 heavy (non-hydrogen) atoms. The van der Waals surface area contributed by atoms with E-state index in [-0.39, 0.29) is 0 Å². The number of aromatic nitrogens is 1. The number of benzene rings is 9. The van der Waals surface area contributed by atoms with E-state index in [2.05, 4.69) is 216 Å². The normalized spacial score (nSPS) is 11.6. The average molecular weight is 719 g/mol. The van der Waals surface area contributed by atoms with Gasteiger partial charge in [-0.15, -0.1) is 11.3 Å². The summed E-state index contributed by atoms with van der Waals surface area (Å²) in [7, 11) is 0. The van der Waals surface area contributed by atoms with Crippen LogP contribution < -0.4 is 4.90 Å². The van der Waals surface area contributed by atoms with E-state index in [0.29, 0.717) is 0 Å². The Bertz CT molecular complexity index is 3200. The van der Waals surface area contributed by atoms with Crippen LogP contribution >= 0.6 is 11.3 Å². The summed E-state index contributed by atoms with van der Waals surface area (Å²) in [5, 5.41) is 7.57. The van der Waals surface area contributed by atoms with Gasteiger partial charge in [0.1, 0.15) is 0 Å². The van der Waals surface area contributed by atoms with E-state index < -0.39 is 0 Å². The summed E-state index contributed by atoms with van der Waals surface area (Å²) in [5.74, 6) is 0. The molecule has 0 N–H and O–H groups in total. The molecule has 0 fully saturated rings. The summed E-state index contributed by atoms with van der Waals surface area (Å²) >= 11 is 1.87. The maximum atomic E-state index is 2.44. The average Bonchev–Trinajstić information content (AvgIpc) is 3.78. The molecule has 0 aliphatic rings. The molecule has 2 aromatic heterocycles. The highest BCUT2D eigenvalue weighted by atomic mass is 32.1. The first kappa shape index (κ1) is 31.6. The second kappa shape index (κ2) is 12.9. The molecular weight excluding hydrogens is 685 g/mol. The van der Waals surface area contributed by atoms with Crippen molar-refractivity contribution in [3.63, 3.8) is 0 Å². The molecule has 11 aromatic rings. The third-order valence-corrected chi connectivity index (χ3v) is 12.1. The fraction of sp³-hybridized carbons (Fsp3) is 0. The van der Waals surface area contributed by atoms with Crippen LogP contribution in [0, 0.1) is 0 Å². The number of rotatable bonds is 6. The lowest BCUT2D eigenvalue weighted by Gasteiger charge is -2.27. The Morgan fingerprint density at radius 2 is 0.891 bits per heavy atom. The van der Waals surface area contributed by atoms with E-state index in [0.717, 1.165) is 22.7 Å². The van der Waals surface area contributed by atoms with Crippen LogP contribution in [-0.2, 0) is 0 Å². The van der Waals surface area contributed by atoms with Gasteiger partial charge in [0.25, 0.3) is 0 Å². The van der Waals surface area contributed by atoms with E-state index in [1.807, 2.05) is 11.3 Å². The van der Waals surface area contributed by atoms with Crippen LogP contribution in [0.15, 0.2) is 206 Å². The molecule has 0 spiro atoms. The van der Waals surface area contributed by atoms with Gasteiger partial charge < -0.3 is 9.47 Å². The fourth-order valence-corrected chi connectivity index (χ4v) is 9.51. The van der Waals surface area contributed by atoms with Gasteiger partial charge in [0.05, 0.1) is 11.0 Å². The second-order valence-corrected chi connectivity index (χ2v) is 15.2. The molecule has 3 heteroatoms. The molecule has 0 atom stereocenters. The zero-order valence-electron chi connectivity index (χ0n) is 29.9. The van der Waals surface area contributed by atoms with Crippen LogP contribution in [0.1, 0.15) is 0 Å². The van der Waals surface area contributed by atoms with Crippen molar-refractivity contribution in [3.8, 4) is 27.9 Å². The lowest BCUT2D eigenvalue weighted by molar-refractivity contribution is 1.18. The predicted molar refractivity (Wildman–Crippen MR) is 237 cm³/mol. The number of thiophene rings is 1. The van der Waals surface area contributed by atoms with Crippen molar-refractivity contribution in [2.45, 2.75) is 0 Å². The smallest absolute Gasteiger partial charge is 0.0542 e. The summed E-state index contributed by atoms with van der Waals surface area (Å²) in [6.45, 7) is 0. The lowest BCUT2D eigenvalue weighted by Crippen LogP contribution is -2.10. The molecule has 0 aliphatic heterocycles. The molecule has 0 unspecified atom stereocenters. The van der Waals surface area contributed by atoms with Crippen LogP contribution in [0.2, 0.25) is 0 Å². The fourth-order valence-electron chi connectivity index (χ4n) is 8.39. The van der Waals surface area contributed by atoms with Gasteiger partial charge in [0.2, 0.25) is 0 Å². The molecule has 0 saturated heterocycles. The van der Waals surface area contributed by atoms with Gasteiger partial charge in [-0.2, -0.15) is 0 Å². The minimum Gasteiger partial charge on any atom is -0.310 e. The van der Waals surface area contributed by atoms with Gasteiger partial charge in [-0.05, 0) is 112 Å². The van der Waals surface area contributed by atoms with Crippen molar-refractivity contribution in [3.05, 3.63) is 206 Å². The van der Waals surface area contributed by atoms with Crippen molar-refractivity contribution in [2.75, 3.05) is 4.90 Å². The minimum absolute atomic E-state index is 1.11. The molecule has 0 amide bonds. The first-order chi connectivity index (χ1) is 27.3. The Kier molecular flexibility index (Phi) is 7.39. The molecular formula is C52H34N2S. The van der Waals surface area contributed by atoms with E-state index >= 15 is 0 Å². The second-order valence-electron chi connectivity index (χ2n) is 14.2. The summed E-state index contributed by atoms with van der Waals surface area (Å²) in [6, 6.07) is 75.3. The van der Waals surface area contributed by atoms with Crippen molar-refractivity contribution >= 4 is 81.1 Å². The Balaban J connectivity index is 1.17. The van der Waals surface area contributed by atoms with Crippen molar-refractivity contribution < 1.29 is 0 Å². The maximum Gasteiger partial charge on any atom is 0.0542 e. The Labute approximate surface area is 323 Å². The van der Waals surface area contributed by atoms with Crippen LogP contribution in [-0.4, -0.2) is 4.57 Å². The van der Waals surface area contributed by atoms with Gasteiger partial charge in [0, 0.05) is 53.7 Å². The first-order valence-corrected chi connectivity index (χ1v) is 19.6. The summed E-state index contributed by atoms with van der Waals surface area (Å²) in [4.78, 5) is 2.44. The van der Waals surface area contributed by atoms with Gasteiger partial charge in [-0.3, -0.25) is 0 Å². The van der Waals surface area contributed by atoms with E-state index in [4.69, 9.17) is 0 Å². The van der Waals surface area contributed by atoms with E-state index in [1.54, 1.807) is 0 Å². The molecule has 0 bridgehead atoms. The number of nitrogens with zero attached hydrogens (tertiary/aromatic N) is 2. The summed E-state index contributed by atoms with van der Waals surface area (Å²) in [5.41, 5.74) is 11.7. The molecule has 9 aromatic carbocycles. The van der Waals surface area contributed by atoms with Crippen LogP contribution in [0.25, 0.3) is 80.7 Å². The monoisotopic (exact) mass is 718 g/mol. The zero-order chi connectivity index (χ0) is 36.3. The first-order valence-electron chi connectivity index (χ1n) is 18.8. The standard InChI is InChI=1S/C52H34N2S/c1-4-14-35(15-5-1)43-27-24-40(32-45(43)36-16-6-2-7-17-36)53(42-26-29-51-48(34-42)47-30-37-18-10-11-19-38(37)31-52(47)55-51)41-25-28-50-46(33-41)44-22-12-13-23-49(44)54(50)39-20-8-3-9-21-39/h1-34H. The molecule has 0 aliphatic carbocycles. The number of anilines is 3. The molecule has 2 heterocycles. The quantitative estimate of drug-likeness (QED) is 0.166. The van der Waals surface area contributed by atoms with Crippen LogP contribution in [0.4, 0.5) is 17.1 Å². The SMILES string of the molecule is c1ccc(-c2ccc(N(c3ccc4sc5cc6ccccc6cc5c4c3)c3ccc4c(c3)c3ccccc3n4-c3ccccc3)cc2-c2ccccc2)cc1. The largest absolute Gasteiger partial charge is 0.310 e. The van der Waals surface area contributed by atoms with E-state index in [1.165, 1.54) is 75.0 Å². The number of fused-ring (bicyclic) bond motifs is 7. The van der Waals surface area contributed by atoms with Crippen molar-refractivity contribution in [1.29, 1.82) is 0 Å². The van der Waals surface area contributed by atoms with Gasteiger partial charge in [-0.25, -0.2) is 0 Å². The highest BCUT2D eigenvalue weighted by Crippen LogP contribution is 2.45. The number of para-hydroxylation sites is 2. The van der Waals surface area contributed by atoms with Gasteiger partial charge in [-0.1, -0.05) is 127 Å². The summed E-state index contributed by atoms with van der Waals surface area (Å²) < 4.78 is 4.99. The highest BCUT2D eigenvalue weighted by Gasteiger charge is 2.20. The third kappa shape index (κ3) is 5.32. The Morgan fingerprint density at radius 3 is 1.65 bits per heavy atom. The molecule has 11 rings (SSSR count). The minimum atomic E-state index is 1.11. The predicted octanol–water partition coefficient (Wildman–Crippen LogP) is 15.1. The third-order valence-electron chi connectivity index (χ3n) is 10.9. The molecule has 0 saturated carbocycles.